The summed E-state index contributed by atoms with van der Waals surface area (Å²) in [5.41, 5.74) is 5.44. The van der Waals surface area contributed by atoms with Gasteiger partial charge in [-0.1, -0.05) is 0 Å². The molecule has 106 valence electrons. The summed E-state index contributed by atoms with van der Waals surface area (Å²) in [6.07, 6.45) is -4.46. The number of aromatic nitrogens is 2. The van der Waals surface area contributed by atoms with Crippen LogP contribution in [0.15, 0.2) is 0 Å². The number of nitrogen functional groups attached to an aromatic ring is 1. The van der Waals surface area contributed by atoms with Crippen LogP contribution in [-0.2, 0) is 9.47 Å². The molecule has 1 aliphatic rings. The molecule has 0 radical (unpaired) electrons. The van der Waals surface area contributed by atoms with Crippen LogP contribution in [0.25, 0.3) is 0 Å². The van der Waals surface area contributed by atoms with E-state index in [2.05, 4.69) is 14.7 Å². The number of ether oxygens (including phenoxy) is 2. The fraction of sp³-hybridized carbons (Fsp3) is 0.600. The van der Waals surface area contributed by atoms with Crippen molar-refractivity contribution in [2.75, 3.05) is 19.5 Å². The summed E-state index contributed by atoms with van der Waals surface area (Å²) in [4.78, 5) is 17.8. The van der Waals surface area contributed by atoms with Gasteiger partial charge in [0.05, 0.1) is 13.7 Å². The molecular weight excluding hydrogens is 258 g/mol. The summed E-state index contributed by atoms with van der Waals surface area (Å²) in [7, 11) is 1.18. The average Bonchev–Trinajstić information content (AvgIpc) is 2.91. The average molecular weight is 273 g/mol. The summed E-state index contributed by atoms with van der Waals surface area (Å²) >= 11 is 0. The van der Waals surface area contributed by atoms with Gasteiger partial charge in [-0.25, -0.2) is 9.78 Å². The van der Waals surface area contributed by atoms with E-state index < -0.39 is 37.0 Å². The molecule has 2 rings (SSSR count). The zero-order chi connectivity index (χ0) is 14.2. The molecule has 4 atom stereocenters. The summed E-state index contributed by atoms with van der Waals surface area (Å²) in [6, 6.07) is 0. The predicted molar refractivity (Wildman–Crippen MR) is 61.1 cm³/mol. The van der Waals surface area contributed by atoms with Crippen LogP contribution < -0.4 is 5.73 Å². The largest absolute Gasteiger partial charge is 0.464 e. The number of imidazole rings is 1. The molecule has 6 N–H and O–H groups in total. The smallest absolute Gasteiger partial charge is 0.360 e. The maximum atomic E-state index is 11.4. The van der Waals surface area contributed by atoms with E-state index in [0.29, 0.717) is 0 Å². The van der Waals surface area contributed by atoms with Crippen LogP contribution in [0.3, 0.4) is 0 Å². The van der Waals surface area contributed by atoms with Gasteiger partial charge in [0.15, 0.2) is 5.69 Å². The second kappa shape index (κ2) is 5.13. The number of nitrogens with zero attached hydrogens (tertiary/aromatic N) is 1. The number of aromatic amines is 1. The molecule has 2 heterocycles. The molecule has 1 aromatic heterocycles. The Morgan fingerprint density at radius 1 is 1.53 bits per heavy atom. The first-order valence-corrected chi connectivity index (χ1v) is 5.55. The number of rotatable bonds is 3. The summed E-state index contributed by atoms with van der Waals surface area (Å²) in [5.74, 6) is -0.674. The van der Waals surface area contributed by atoms with Crippen LogP contribution >= 0.6 is 0 Å². The fourth-order valence-electron chi connectivity index (χ4n) is 1.92. The Balaban J connectivity index is 2.26. The molecule has 0 amide bonds. The van der Waals surface area contributed by atoms with Crippen molar-refractivity contribution < 1.29 is 29.6 Å². The van der Waals surface area contributed by atoms with Crippen molar-refractivity contribution in [3.8, 4) is 0 Å². The van der Waals surface area contributed by atoms with Crippen molar-refractivity contribution in [1.82, 2.24) is 9.97 Å². The molecule has 9 heteroatoms. The molecule has 1 aromatic rings. The van der Waals surface area contributed by atoms with Crippen LogP contribution in [0.1, 0.15) is 22.4 Å². The van der Waals surface area contributed by atoms with Crippen molar-refractivity contribution >= 4 is 11.8 Å². The van der Waals surface area contributed by atoms with Crippen LogP contribution in [0.2, 0.25) is 0 Å². The number of carbonyl (C=O) groups is 1. The fourth-order valence-corrected chi connectivity index (χ4v) is 1.92. The SMILES string of the molecule is COC(=O)c1nc([C@@H]2O[C@H](CO)[C@@H](O)[C@H]2O)[nH]c1N. The van der Waals surface area contributed by atoms with E-state index in [1.54, 1.807) is 0 Å². The highest BCUT2D eigenvalue weighted by atomic mass is 16.6. The summed E-state index contributed by atoms with van der Waals surface area (Å²) in [5, 5.41) is 28.4. The molecule has 1 saturated heterocycles. The van der Waals surface area contributed by atoms with E-state index >= 15 is 0 Å². The Morgan fingerprint density at radius 3 is 2.74 bits per heavy atom. The third-order valence-corrected chi connectivity index (χ3v) is 2.94. The first-order chi connectivity index (χ1) is 8.99. The third-order valence-electron chi connectivity index (χ3n) is 2.94. The molecule has 0 bridgehead atoms. The van der Waals surface area contributed by atoms with Crippen LogP contribution in [-0.4, -0.2) is 63.3 Å². The number of H-pyrrole nitrogens is 1. The van der Waals surface area contributed by atoms with Crippen molar-refractivity contribution in [1.29, 1.82) is 0 Å². The maximum absolute atomic E-state index is 11.4. The number of nitrogens with two attached hydrogens (primary N) is 1. The van der Waals surface area contributed by atoms with E-state index in [4.69, 9.17) is 15.6 Å². The van der Waals surface area contributed by atoms with Crippen molar-refractivity contribution in [3.05, 3.63) is 11.5 Å². The third kappa shape index (κ3) is 2.28. The lowest BCUT2D eigenvalue weighted by molar-refractivity contribution is -0.0250. The first-order valence-electron chi connectivity index (χ1n) is 5.55. The lowest BCUT2D eigenvalue weighted by Crippen LogP contribution is -2.32. The number of anilines is 1. The lowest BCUT2D eigenvalue weighted by atomic mass is 10.1. The van der Waals surface area contributed by atoms with Gasteiger partial charge < -0.3 is 35.5 Å². The molecule has 0 aromatic carbocycles. The number of methoxy groups -OCH3 is 1. The molecule has 0 aliphatic carbocycles. The quantitative estimate of drug-likeness (QED) is 0.394. The zero-order valence-electron chi connectivity index (χ0n) is 10.1. The molecular formula is C10H15N3O6. The van der Waals surface area contributed by atoms with Gasteiger partial charge in [-0.15, -0.1) is 0 Å². The van der Waals surface area contributed by atoms with Crippen molar-refractivity contribution in [2.45, 2.75) is 24.4 Å². The summed E-state index contributed by atoms with van der Waals surface area (Å²) < 4.78 is 9.74. The number of carbonyl (C=O) groups excluding carboxylic acids is 1. The Morgan fingerprint density at radius 2 is 2.21 bits per heavy atom. The Bertz CT molecular complexity index is 476. The van der Waals surface area contributed by atoms with Gasteiger partial charge in [-0.3, -0.25) is 0 Å². The number of aliphatic hydroxyl groups is 3. The number of esters is 1. The Labute approximate surface area is 108 Å². The minimum absolute atomic E-state index is 0.0282. The lowest BCUT2D eigenvalue weighted by Gasteiger charge is -2.11. The molecule has 0 saturated carbocycles. The molecule has 1 fully saturated rings. The second-order valence-electron chi connectivity index (χ2n) is 4.13. The minimum Gasteiger partial charge on any atom is -0.464 e. The van der Waals surface area contributed by atoms with E-state index in [0.717, 1.165) is 0 Å². The van der Waals surface area contributed by atoms with E-state index in [9.17, 15) is 15.0 Å². The highest BCUT2D eigenvalue weighted by molar-refractivity contribution is 5.92. The highest BCUT2D eigenvalue weighted by Gasteiger charge is 2.44. The monoisotopic (exact) mass is 273 g/mol. The van der Waals surface area contributed by atoms with Gasteiger partial charge in [0.25, 0.3) is 0 Å². The van der Waals surface area contributed by atoms with Crippen LogP contribution in [0, 0.1) is 0 Å². The molecule has 1 aliphatic heterocycles. The number of nitrogens with one attached hydrogen (secondary N) is 1. The maximum Gasteiger partial charge on any atom is 0.360 e. The first kappa shape index (κ1) is 13.7. The van der Waals surface area contributed by atoms with E-state index in [-0.39, 0.29) is 17.3 Å². The topological polar surface area (TPSA) is 151 Å². The minimum atomic E-state index is -1.28. The Kier molecular flexibility index (Phi) is 3.71. The zero-order valence-corrected chi connectivity index (χ0v) is 10.1. The molecule has 9 nitrogen and oxygen atoms in total. The number of hydrogen-bond acceptors (Lipinski definition) is 8. The standard InChI is InChI=1S/C10H15N3O6/c1-18-10(17)4-8(11)13-9(12-4)7-6(16)5(15)3(2-14)19-7/h3,5-7,14-16H,2,11H2,1H3,(H,12,13)/t3-,5-,6-,7-/m1/s1. The molecule has 0 unspecified atom stereocenters. The number of aliphatic hydroxyl groups excluding tert-OH is 3. The summed E-state index contributed by atoms with van der Waals surface area (Å²) in [6.45, 7) is -0.450. The normalized spacial score (nSPS) is 30.5. The van der Waals surface area contributed by atoms with Gasteiger partial charge >= 0.3 is 5.97 Å². The van der Waals surface area contributed by atoms with Gasteiger partial charge in [-0.05, 0) is 0 Å². The van der Waals surface area contributed by atoms with Crippen molar-refractivity contribution in [3.63, 3.8) is 0 Å². The molecule has 0 spiro atoms. The van der Waals surface area contributed by atoms with Crippen molar-refractivity contribution in [2.24, 2.45) is 0 Å². The van der Waals surface area contributed by atoms with Gasteiger partial charge in [0.2, 0.25) is 0 Å². The van der Waals surface area contributed by atoms with Crippen LogP contribution in [0.4, 0.5) is 5.82 Å². The van der Waals surface area contributed by atoms with Gasteiger partial charge in [0, 0.05) is 0 Å². The Hall–Kier alpha value is -1.68. The predicted octanol–water partition coefficient (Wildman–Crippen LogP) is -2.07. The van der Waals surface area contributed by atoms with Gasteiger partial charge in [-0.2, -0.15) is 0 Å². The van der Waals surface area contributed by atoms with Gasteiger partial charge in [0.1, 0.15) is 36.1 Å². The second-order valence-corrected chi connectivity index (χ2v) is 4.13. The molecule has 19 heavy (non-hydrogen) atoms. The van der Waals surface area contributed by atoms with Crippen LogP contribution in [0.5, 0.6) is 0 Å². The highest BCUT2D eigenvalue weighted by Crippen LogP contribution is 2.32. The number of hydrogen-bond donors (Lipinski definition) is 5. The van der Waals surface area contributed by atoms with E-state index in [1.165, 1.54) is 7.11 Å². The van der Waals surface area contributed by atoms with E-state index in [1.807, 2.05) is 0 Å².